The normalized spacial score (nSPS) is 10.9. The van der Waals surface area contributed by atoms with E-state index in [1.807, 2.05) is 37.5 Å². The Kier molecular flexibility index (Phi) is 2.08. The molecule has 0 radical (unpaired) electrons. The zero-order chi connectivity index (χ0) is 11.8. The van der Waals surface area contributed by atoms with E-state index in [1.54, 1.807) is 4.57 Å². The lowest BCUT2D eigenvalue weighted by Gasteiger charge is -2.00. The first-order valence-electron chi connectivity index (χ1n) is 5.39. The van der Waals surface area contributed by atoms with Gasteiger partial charge in [-0.2, -0.15) is 0 Å². The summed E-state index contributed by atoms with van der Waals surface area (Å²) in [6.07, 6.45) is 1.85. The van der Waals surface area contributed by atoms with Crippen molar-refractivity contribution in [3.8, 4) is 11.1 Å². The minimum absolute atomic E-state index is 0.484. The molecule has 4 heteroatoms. The molecule has 0 bridgehead atoms. The Morgan fingerprint density at radius 1 is 1.12 bits per heavy atom. The monoisotopic (exact) mass is 224 g/mol. The summed E-state index contributed by atoms with van der Waals surface area (Å²) in [7, 11) is 1.86. The second kappa shape index (κ2) is 3.59. The lowest BCUT2D eigenvalue weighted by atomic mass is 10.1. The maximum Gasteiger partial charge on any atom is 0.202 e. The lowest BCUT2D eigenvalue weighted by molar-refractivity contribution is 0.947. The summed E-state index contributed by atoms with van der Waals surface area (Å²) in [6, 6.07) is 12.1. The lowest BCUT2D eigenvalue weighted by Crippen LogP contribution is -1.96. The van der Waals surface area contributed by atoms with Crippen molar-refractivity contribution in [3.63, 3.8) is 0 Å². The molecule has 0 fully saturated rings. The second-order valence-electron chi connectivity index (χ2n) is 3.96. The van der Waals surface area contributed by atoms with Gasteiger partial charge in [-0.3, -0.25) is 4.57 Å². The molecule has 2 aromatic heterocycles. The number of nitrogens with two attached hydrogens (primary N) is 1. The van der Waals surface area contributed by atoms with E-state index in [4.69, 9.17) is 5.73 Å². The number of hydrogen-bond donors (Lipinski definition) is 1. The van der Waals surface area contributed by atoms with Gasteiger partial charge in [0.2, 0.25) is 5.95 Å². The average molecular weight is 224 g/mol. The molecule has 0 atom stereocenters. The zero-order valence-electron chi connectivity index (χ0n) is 9.46. The fourth-order valence-corrected chi connectivity index (χ4v) is 1.88. The molecule has 0 aliphatic rings. The number of aryl methyl sites for hydroxylation is 1. The maximum absolute atomic E-state index is 5.75. The van der Waals surface area contributed by atoms with Crippen molar-refractivity contribution in [2.24, 2.45) is 7.05 Å². The minimum Gasteiger partial charge on any atom is -0.369 e. The van der Waals surface area contributed by atoms with Gasteiger partial charge in [-0.1, -0.05) is 30.3 Å². The minimum atomic E-state index is 0.484. The highest BCUT2D eigenvalue weighted by Gasteiger charge is 2.07. The van der Waals surface area contributed by atoms with Gasteiger partial charge in [0.25, 0.3) is 0 Å². The van der Waals surface area contributed by atoms with Gasteiger partial charge in [0, 0.05) is 18.8 Å². The van der Waals surface area contributed by atoms with E-state index in [9.17, 15) is 0 Å². The Hall–Kier alpha value is -2.36. The molecule has 17 heavy (non-hydrogen) atoms. The molecule has 1 aromatic carbocycles. The van der Waals surface area contributed by atoms with Crippen LogP contribution in [0.25, 0.3) is 22.3 Å². The van der Waals surface area contributed by atoms with Crippen LogP contribution in [0.3, 0.4) is 0 Å². The first-order chi connectivity index (χ1) is 8.25. The number of rotatable bonds is 1. The van der Waals surface area contributed by atoms with E-state index in [1.165, 1.54) is 0 Å². The van der Waals surface area contributed by atoms with Crippen molar-refractivity contribution in [1.29, 1.82) is 0 Å². The average Bonchev–Trinajstić information content (AvgIpc) is 2.66. The van der Waals surface area contributed by atoms with Crippen LogP contribution >= 0.6 is 0 Å². The first kappa shape index (κ1) is 9.84. The van der Waals surface area contributed by atoms with Crippen LogP contribution in [0.5, 0.6) is 0 Å². The van der Waals surface area contributed by atoms with Gasteiger partial charge >= 0.3 is 0 Å². The van der Waals surface area contributed by atoms with Crippen molar-refractivity contribution >= 4 is 17.1 Å². The molecule has 0 aliphatic heterocycles. The van der Waals surface area contributed by atoms with Crippen molar-refractivity contribution in [3.05, 3.63) is 42.6 Å². The van der Waals surface area contributed by atoms with Crippen molar-refractivity contribution in [2.75, 3.05) is 5.73 Å². The summed E-state index contributed by atoms with van der Waals surface area (Å²) in [4.78, 5) is 8.68. The van der Waals surface area contributed by atoms with Crippen LogP contribution in [0, 0.1) is 0 Å². The molecule has 4 nitrogen and oxygen atoms in total. The van der Waals surface area contributed by atoms with Crippen LogP contribution in [0.1, 0.15) is 0 Å². The van der Waals surface area contributed by atoms with Crippen LogP contribution in [-0.4, -0.2) is 14.5 Å². The molecule has 0 saturated carbocycles. The van der Waals surface area contributed by atoms with Crippen molar-refractivity contribution in [1.82, 2.24) is 14.5 Å². The Morgan fingerprint density at radius 3 is 2.65 bits per heavy atom. The SMILES string of the molecule is Cn1c(N)nc2cc(-c3ccccc3)cnc21. The molecule has 0 unspecified atom stereocenters. The van der Waals surface area contributed by atoms with Crippen LogP contribution < -0.4 is 5.73 Å². The predicted molar refractivity (Wildman–Crippen MR) is 68.4 cm³/mol. The predicted octanol–water partition coefficient (Wildman–Crippen LogP) is 2.22. The third-order valence-electron chi connectivity index (χ3n) is 2.85. The first-order valence-corrected chi connectivity index (χ1v) is 5.39. The topological polar surface area (TPSA) is 56.7 Å². The number of fused-ring (bicyclic) bond motifs is 1. The van der Waals surface area contributed by atoms with E-state index in [2.05, 4.69) is 22.1 Å². The van der Waals surface area contributed by atoms with Gasteiger partial charge in [-0.15, -0.1) is 0 Å². The Morgan fingerprint density at radius 2 is 1.88 bits per heavy atom. The van der Waals surface area contributed by atoms with E-state index < -0.39 is 0 Å². The van der Waals surface area contributed by atoms with E-state index in [-0.39, 0.29) is 0 Å². The number of anilines is 1. The molecule has 2 N–H and O–H groups in total. The fraction of sp³-hybridized carbons (Fsp3) is 0.0769. The molecular formula is C13H12N4. The summed E-state index contributed by atoms with van der Waals surface area (Å²) in [5.74, 6) is 0.484. The zero-order valence-corrected chi connectivity index (χ0v) is 9.46. The van der Waals surface area contributed by atoms with Gasteiger partial charge in [0.05, 0.1) is 0 Å². The Bertz CT molecular complexity index is 670. The number of aromatic nitrogens is 3. The summed E-state index contributed by atoms with van der Waals surface area (Å²) in [6.45, 7) is 0. The number of pyridine rings is 1. The van der Waals surface area contributed by atoms with Crippen LogP contribution in [0.4, 0.5) is 5.95 Å². The number of imidazole rings is 1. The number of nitrogens with zero attached hydrogens (tertiary/aromatic N) is 3. The third-order valence-corrected chi connectivity index (χ3v) is 2.85. The number of nitrogen functional groups attached to an aromatic ring is 1. The summed E-state index contributed by atoms with van der Waals surface area (Å²) < 4.78 is 1.78. The Balaban J connectivity index is 2.21. The fourth-order valence-electron chi connectivity index (χ4n) is 1.88. The van der Waals surface area contributed by atoms with E-state index in [0.29, 0.717) is 5.95 Å². The van der Waals surface area contributed by atoms with Crippen LogP contribution in [-0.2, 0) is 7.05 Å². The van der Waals surface area contributed by atoms with Crippen LogP contribution in [0.2, 0.25) is 0 Å². The molecule has 0 aliphatic carbocycles. The third kappa shape index (κ3) is 1.54. The molecule has 2 heterocycles. The van der Waals surface area contributed by atoms with Crippen molar-refractivity contribution < 1.29 is 0 Å². The highest BCUT2D eigenvalue weighted by atomic mass is 15.2. The standard InChI is InChI=1S/C13H12N4/c1-17-12-11(16-13(17)14)7-10(8-15-12)9-5-3-2-4-6-9/h2-8H,1H3,(H2,14,16). The van der Waals surface area contributed by atoms with Gasteiger partial charge in [-0.05, 0) is 11.6 Å². The molecular weight excluding hydrogens is 212 g/mol. The molecule has 0 spiro atoms. The largest absolute Gasteiger partial charge is 0.369 e. The number of benzene rings is 1. The Labute approximate surface area is 98.7 Å². The van der Waals surface area contributed by atoms with E-state index >= 15 is 0 Å². The van der Waals surface area contributed by atoms with Gasteiger partial charge in [0.15, 0.2) is 5.65 Å². The molecule has 0 saturated heterocycles. The molecule has 0 amide bonds. The summed E-state index contributed by atoms with van der Waals surface area (Å²) in [5.41, 5.74) is 9.57. The van der Waals surface area contributed by atoms with E-state index in [0.717, 1.165) is 22.3 Å². The molecule has 84 valence electrons. The molecule has 3 aromatic rings. The smallest absolute Gasteiger partial charge is 0.202 e. The summed E-state index contributed by atoms with van der Waals surface area (Å²) in [5, 5.41) is 0. The van der Waals surface area contributed by atoms with Crippen LogP contribution in [0.15, 0.2) is 42.6 Å². The van der Waals surface area contributed by atoms with Gasteiger partial charge < -0.3 is 5.73 Å². The molecule has 3 rings (SSSR count). The summed E-state index contributed by atoms with van der Waals surface area (Å²) >= 11 is 0. The highest BCUT2D eigenvalue weighted by molar-refractivity contribution is 5.80. The van der Waals surface area contributed by atoms with Gasteiger partial charge in [-0.25, -0.2) is 9.97 Å². The van der Waals surface area contributed by atoms with Crippen molar-refractivity contribution in [2.45, 2.75) is 0 Å². The highest BCUT2D eigenvalue weighted by Crippen LogP contribution is 2.22. The quantitative estimate of drug-likeness (QED) is 0.689. The van der Waals surface area contributed by atoms with Gasteiger partial charge in [0.1, 0.15) is 5.52 Å². The number of hydrogen-bond acceptors (Lipinski definition) is 3. The second-order valence-corrected chi connectivity index (χ2v) is 3.96. The maximum atomic E-state index is 5.75.